The molecule has 114 valence electrons. The maximum Gasteiger partial charge on any atom is 0.326 e. The Morgan fingerprint density at radius 3 is 2.52 bits per heavy atom. The summed E-state index contributed by atoms with van der Waals surface area (Å²) in [5.74, 6) is -1.17. The first-order chi connectivity index (χ1) is 10.1. The van der Waals surface area contributed by atoms with Crippen LogP contribution in [-0.4, -0.2) is 36.7 Å². The van der Waals surface area contributed by atoms with E-state index in [4.69, 9.17) is 4.74 Å². The second-order valence-corrected chi connectivity index (χ2v) is 5.58. The average molecular weight is 291 g/mol. The third-order valence-electron chi connectivity index (χ3n) is 4.01. The molecule has 1 saturated carbocycles. The number of methoxy groups -OCH3 is 1. The third kappa shape index (κ3) is 4.04. The second kappa shape index (κ2) is 6.72. The van der Waals surface area contributed by atoms with Crippen LogP contribution in [0.25, 0.3) is 0 Å². The van der Waals surface area contributed by atoms with Crippen LogP contribution >= 0.6 is 0 Å². The number of hydrogen-bond acceptors (Lipinski definition) is 3. The number of ether oxygens (including phenoxy) is 1. The first kappa shape index (κ1) is 15.5. The highest BCUT2D eigenvalue weighted by molar-refractivity contribution is 5.89. The normalized spacial score (nSPS) is 17.0. The monoisotopic (exact) mass is 291 g/mol. The highest BCUT2D eigenvalue weighted by atomic mass is 16.5. The van der Waals surface area contributed by atoms with Crippen LogP contribution in [0.2, 0.25) is 0 Å². The van der Waals surface area contributed by atoms with Crippen LogP contribution in [0.4, 0.5) is 0 Å². The maximum absolute atomic E-state index is 12.3. The molecule has 1 aromatic rings. The van der Waals surface area contributed by atoms with Crippen molar-refractivity contribution < 1.29 is 19.4 Å². The van der Waals surface area contributed by atoms with Crippen molar-refractivity contribution in [1.82, 2.24) is 5.32 Å². The molecule has 0 radical (unpaired) electrons. The fourth-order valence-electron chi connectivity index (χ4n) is 2.40. The Kier molecular flexibility index (Phi) is 4.96. The molecule has 0 heterocycles. The van der Waals surface area contributed by atoms with Crippen LogP contribution in [0.5, 0.6) is 0 Å². The Labute approximate surface area is 124 Å². The largest absolute Gasteiger partial charge is 0.480 e. The molecule has 1 fully saturated rings. The molecular formula is C16H21NO4. The second-order valence-electron chi connectivity index (χ2n) is 5.58. The van der Waals surface area contributed by atoms with Gasteiger partial charge in [-0.2, -0.15) is 0 Å². The molecule has 1 amide bonds. The van der Waals surface area contributed by atoms with Crippen LogP contribution in [0, 0.1) is 5.41 Å². The van der Waals surface area contributed by atoms with Gasteiger partial charge in [0.25, 0.3) is 0 Å². The summed E-state index contributed by atoms with van der Waals surface area (Å²) in [5.41, 5.74) is 0.479. The van der Waals surface area contributed by atoms with Gasteiger partial charge in [-0.3, -0.25) is 4.79 Å². The van der Waals surface area contributed by atoms with Crippen LogP contribution in [0.1, 0.15) is 24.8 Å². The molecule has 1 aliphatic rings. The molecule has 0 bridgehead atoms. The number of carboxylic acid groups (broad SMARTS) is 1. The molecule has 5 nitrogen and oxygen atoms in total. The SMILES string of the molecule is COCCC1(C(=O)NC(Cc2ccccc2)C(=O)O)CC1. The zero-order valence-corrected chi connectivity index (χ0v) is 12.2. The summed E-state index contributed by atoms with van der Waals surface area (Å²) in [6, 6.07) is 8.43. The van der Waals surface area contributed by atoms with E-state index in [9.17, 15) is 14.7 Å². The highest BCUT2D eigenvalue weighted by Crippen LogP contribution is 2.49. The third-order valence-corrected chi connectivity index (χ3v) is 4.01. The van der Waals surface area contributed by atoms with Gasteiger partial charge in [0.05, 0.1) is 5.41 Å². The van der Waals surface area contributed by atoms with E-state index in [1.807, 2.05) is 30.3 Å². The number of hydrogen-bond donors (Lipinski definition) is 2. The average Bonchev–Trinajstić information content (AvgIpc) is 3.26. The fraction of sp³-hybridized carbons (Fsp3) is 0.500. The number of rotatable bonds is 8. The van der Waals surface area contributed by atoms with Crippen molar-refractivity contribution in [3.8, 4) is 0 Å². The van der Waals surface area contributed by atoms with Crippen molar-refractivity contribution >= 4 is 11.9 Å². The standard InChI is InChI=1S/C16H21NO4/c1-21-10-9-16(7-8-16)15(20)17-13(14(18)19)11-12-5-3-2-4-6-12/h2-6,13H,7-11H2,1H3,(H,17,20)(H,18,19). The van der Waals surface area contributed by atoms with E-state index in [1.54, 1.807) is 7.11 Å². The molecular weight excluding hydrogens is 270 g/mol. The fourth-order valence-corrected chi connectivity index (χ4v) is 2.40. The van der Waals surface area contributed by atoms with Crippen molar-refractivity contribution in [2.45, 2.75) is 31.7 Å². The molecule has 1 atom stereocenters. The summed E-state index contributed by atoms with van der Waals surface area (Å²) in [5, 5.41) is 12.0. The van der Waals surface area contributed by atoms with Gasteiger partial charge in [-0.15, -0.1) is 0 Å². The smallest absolute Gasteiger partial charge is 0.326 e. The highest BCUT2D eigenvalue weighted by Gasteiger charge is 2.49. The van der Waals surface area contributed by atoms with Gasteiger partial charge in [-0.1, -0.05) is 30.3 Å². The number of benzene rings is 1. The van der Waals surface area contributed by atoms with E-state index in [0.717, 1.165) is 18.4 Å². The zero-order valence-electron chi connectivity index (χ0n) is 12.2. The Bertz CT molecular complexity index is 496. The van der Waals surface area contributed by atoms with E-state index in [2.05, 4.69) is 5.32 Å². The van der Waals surface area contributed by atoms with Gasteiger partial charge in [-0.05, 0) is 24.8 Å². The van der Waals surface area contributed by atoms with E-state index in [0.29, 0.717) is 19.4 Å². The summed E-state index contributed by atoms with van der Waals surface area (Å²) in [6.07, 6.45) is 2.55. The Morgan fingerprint density at radius 2 is 2.00 bits per heavy atom. The molecule has 2 N–H and O–H groups in total. The predicted octanol–water partition coefficient (Wildman–Crippen LogP) is 1.62. The summed E-state index contributed by atoms with van der Waals surface area (Å²) in [4.78, 5) is 23.7. The molecule has 1 aliphatic carbocycles. The number of aliphatic carboxylic acids is 1. The minimum Gasteiger partial charge on any atom is -0.480 e. The zero-order chi connectivity index (χ0) is 15.3. The van der Waals surface area contributed by atoms with Crippen LogP contribution in [0.15, 0.2) is 30.3 Å². The first-order valence-electron chi connectivity index (χ1n) is 7.14. The molecule has 5 heteroatoms. The van der Waals surface area contributed by atoms with Crippen molar-refractivity contribution in [2.24, 2.45) is 5.41 Å². The Balaban J connectivity index is 1.97. The van der Waals surface area contributed by atoms with E-state index < -0.39 is 17.4 Å². The lowest BCUT2D eigenvalue weighted by atomic mass is 10.00. The molecule has 2 rings (SSSR count). The van der Waals surface area contributed by atoms with Crippen molar-refractivity contribution in [3.63, 3.8) is 0 Å². The van der Waals surface area contributed by atoms with E-state index in [-0.39, 0.29) is 5.91 Å². The Hall–Kier alpha value is -1.88. The van der Waals surface area contributed by atoms with Crippen molar-refractivity contribution in [3.05, 3.63) is 35.9 Å². The van der Waals surface area contributed by atoms with Crippen LogP contribution in [-0.2, 0) is 20.7 Å². The van der Waals surface area contributed by atoms with E-state index in [1.165, 1.54) is 0 Å². The number of nitrogens with one attached hydrogen (secondary N) is 1. The quantitative estimate of drug-likeness (QED) is 0.763. The van der Waals surface area contributed by atoms with Gasteiger partial charge < -0.3 is 15.2 Å². The molecule has 0 saturated heterocycles. The van der Waals surface area contributed by atoms with Crippen LogP contribution in [0.3, 0.4) is 0 Å². The summed E-state index contributed by atoms with van der Waals surface area (Å²) < 4.78 is 5.02. The minimum absolute atomic E-state index is 0.164. The summed E-state index contributed by atoms with van der Waals surface area (Å²) in [6.45, 7) is 0.518. The lowest BCUT2D eigenvalue weighted by molar-refractivity contribution is -0.142. The van der Waals surface area contributed by atoms with Gasteiger partial charge in [0, 0.05) is 20.1 Å². The minimum atomic E-state index is -1.00. The lowest BCUT2D eigenvalue weighted by Gasteiger charge is -2.19. The molecule has 0 aliphatic heterocycles. The summed E-state index contributed by atoms with van der Waals surface area (Å²) >= 11 is 0. The number of carbonyl (C=O) groups excluding carboxylic acids is 1. The van der Waals surface area contributed by atoms with Crippen molar-refractivity contribution in [1.29, 1.82) is 0 Å². The predicted molar refractivity (Wildman–Crippen MR) is 77.9 cm³/mol. The van der Waals surface area contributed by atoms with Gasteiger partial charge in [0.1, 0.15) is 6.04 Å². The van der Waals surface area contributed by atoms with Gasteiger partial charge in [-0.25, -0.2) is 4.79 Å². The molecule has 1 aromatic carbocycles. The lowest BCUT2D eigenvalue weighted by Crippen LogP contribution is -2.45. The molecule has 0 spiro atoms. The molecule has 1 unspecified atom stereocenters. The van der Waals surface area contributed by atoms with Gasteiger partial charge >= 0.3 is 5.97 Å². The van der Waals surface area contributed by atoms with Crippen LogP contribution < -0.4 is 5.32 Å². The Morgan fingerprint density at radius 1 is 1.33 bits per heavy atom. The number of amides is 1. The van der Waals surface area contributed by atoms with E-state index >= 15 is 0 Å². The molecule has 0 aromatic heterocycles. The van der Waals surface area contributed by atoms with Crippen molar-refractivity contribution in [2.75, 3.05) is 13.7 Å². The number of carboxylic acids is 1. The first-order valence-corrected chi connectivity index (χ1v) is 7.14. The van der Waals surface area contributed by atoms with Gasteiger partial charge in [0.15, 0.2) is 0 Å². The topological polar surface area (TPSA) is 75.6 Å². The molecule has 21 heavy (non-hydrogen) atoms. The maximum atomic E-state index is 12.3. The van der Waals surface area contributed by atoms with Gasteiger partial charge in [0.2, 0.25) is 5.91 Å². The summed E-state index contributed by atoms with van der Waals surface area (Å²) in [7, 11) is 1.60. The number of carbonyl (C=O) groups is 2.